The molecule has 0 aliphatic rings. The molecule has 0 amide bonds. The van der Waals surface area contributed by atoms with Crippen molar-refractivity contribution in [2.45, 2.75) is 60.5 Å². The van der Waals surface area contributed by atoms with E-state index in [1.807, 2.05) is 11.6 Å². The quantitative estimate of drug-likeness (QED) is 0.828. The van der Waals surface area contributed by atoms with E-state index in [1.165, 1.54) is 5.69 Å². The van der Waals surface area contributed by atoms with Crippen LogP contribution in [0.15, 0.2) is 0 Å². The van der Waals surface area contributed by atoms with Gasteiger partial charge < -0.3 is 5.32 Å². The summed E-state index contributed by atoms with van der Waals surface area (Å²) in [6, 6.07) is 0.543. The normalized spacial score (nSPS) is 14.9. The van der Waals surface area contributed by atoms with Crippen LogP contribution in [0.3, 0.4) is 0 Å². The van der Waals surface area contributed by atoms with Crippen molar-refractivity contribution in [3.8, 4) is 0 Å². The monoisotopic (exact) mass is 285 g/mol. The van der Waals surface area contributed by atoms with Crippen molar-refractivity contribution >= 4 is 11.6 Å². The third-order valence-corrected chi connectivity index (χ3v) is 4.28. The Bertz CT molecular complexity index is 398. The van der Waals surface area contributed by atoms with E-state index in [0.29, 0.717) is 17.9 Å². The lowest BCUT2D eigenvalue weighted by molar-refractivity contribution is 0.347. The van der Waals surface area contributed by atoms with E-state index in [4.69, 9.17) is 11.6 Å². The first-order chi connectivity index (χ1) is 8.86. The van der Waals surface area contributed by atoms with Crippen molar-refractivity contribution in [2.75, 3.05) is 6.54 Å². The van der Waals surface area contributed by atoms with Crippen molar-refractivity contribution in [3.63, 3.8) is 0 Å². The summed E-state index contributed by atoms with van der Waals surface area (Å²) in [7, 11) is 0. The lowest BCUT2D eigenvalue weighted by Crippen LogP contribution is -2.31. The zero-order valence-corrected chi connectivity index (χ0v) is 13.9. The Labute approximate surface area is 122 Å². The Morgan fingerprint density at radius 1 is 1.21 bits per heavy atom. The summed E-state index contributed by atoms with van der Waals surface area (Å²) in [6.07, 6.45) is 0.994. The first kappa shape index (κ1) is 16.5. The summed E-state index contributed by atoms with van der Waals surface area (Å²) in [5.74, 6) is 1.21. The molecular weight excluding hydrogens is 258 g/mol. The molecule has 0 saturated heterocycles. The summed E-state index contributed by atoms with van der Waals surface area (Å²) < 4.78 is 2.04. The van der Waals surface area contributed by atoms with E-state index in [1.54, 1.807) is 0 Å². The SMILES string of the molecule is CCn1nc(C)c(Cl)c1CC(C)C(C)CNC(C)C. The number of aromatic nitrogens is 2. The molecule has 0 spiro atoms. The van der Waals surface area contributed by atoms with Gasteiger partial charge in [-0.2, -0.15) is 5.10 Å². The van der Waals surface area contributed by atoms with Crippen molar-refractivity contribution in [2.24, 2.45) is 11.8 Å². The highest BCUT2D eigenvalue weighted by Crippen LogP contribution is 2.25. The van der Waals surface area contributed by atoms with Crippen LogP contribution in [-0.4, -0.2) is 22.4 Å². The van der Waals surface area contributed by atoms with Crippen LogP contribution in [0.2, 0.25) is 5.02 Å². The molecular formula is C15H28ClN3. The molecule has 1 aromatic rings. The Kier molecular flexibility index (Phi) is 6.34. The van der Waals surface area contributed by atoms with Gasteiger partial charge in [-0.1, -0.05) is 39.3 Å². The summed E-state index contributed by atoms with van der Waals surface area (Å²) in [5, 5.41) is 8.83. The van der Waals surface area contributed by atoms with Gasteiger partial charge in [0.25, 0.3) is 0 Å². The Balaban J connectivity index is 2.68. The molecule has 3 nitrogen and oxygen atoms in total. The first-order valence-corrected chi connectivity index (χ1v) is 7.69. The van der Waals surface area contributed by atoms with Crippen LogP contribution in [0.25, 0.3) is 0 Å². The predicted molar refractivity (Wildman–Crippen MR) is 82.8 cm³/mol. The minimum atomic E-state index is 0.543. The van der Waals surface area contributed by atoms with Gasteiger partial charge in [-0.15, -0.1) is 0 Å². The highest BCUT2D eigenvalue weighted by atomic mass is 35.5. The van der Waals surface area contributed by atoms with E-state index in [-0.39, 0.29) is 0 Å². The standard InChI is InChI=1S/C15H28ClN3/c1-7-19-14(15(16)13(6)18-19)8-11(4)12(5)9-17-10(2)3/h10-12,17H,7-9H2,1-6H3. The highest BCUT2D eigenvalue weighted by molar-refractivity contribution is 6.31. The predicted octanol–water partition coefficient (Wildman–Crippen LogP) is 3.68. The maximum Gasteiger partial charge on any atom is 0.0847 e. The third kappa shape index (κ3) is 4.50. The van der Waals surface area contributed by atoms with E-state index < -0.39 is 0 Å². The molecule has 0 fully saturated rings. The van der Waals surface area contributed by atoms with Gasteiger partial charge in [-0.05, 0) is 38.6 Å². The largest absolute Gasteiger partial charge is 0.314 e. The fourth-order valence-corrected chi connectivity index (χ4v) is 2.41. The van der Waals surface area contributed by atoms with E-state index in [9.17, 15) is 0 Å². The molecule has 0 radical (unpaired) electrons. The molecule has 2 unspecified atom stereocenters. The van der Waals surface area contributed by atoms with E-state index in [2.05, 4.69) is 45.0 Å². The summed E-state index contributed by atoms with van der Waals surface area (Å²) in [4.78, 5) is 0. The van der Waals surface area contributed by atoms with Crippen LogP contribution in [0.4, 0.5) is 0 Å². The highest BCUT2D eigenvalue weighted by Gasteiger charge is 2.19. The molecule has 4 heteroatoms. The van der Waals surface area contributed by atoms with Crippen LogP contribution in [-0.2, 0) is 13.0 Å². The number of hydrogen-bond acceptors (Lipinski definition) is 2. The summed E-state index contributed by atoms with van der Waals surface area (Å²) in [6.45, 7) is 15.0. The maximum absolute atomic E-state index is 6.37. The lowest BCUT2D eigenvalue weighted by Gasteiger charge is -2.22. The molecule has 0 bridgehead atoms. The number of nitrogens with one attached hydrogen (secondary N) is 1. The Morgan fingerprint density at radius 3 is 2.37 bits per heavy atom. The molecule has 0 aliphatic carbocycles. The molecule has 19 heavy (non-hydrogen) atoms. The van der Waals surface area contributed by atoms with Gasteiger partial charge in [-0.25, -0.2) is 0 Å². The molecule has 110 valence electrons. The van der Waals surface area contributed by atoms with Crippen LogP contribution in [0.1, 0.15) is 46.0 Å². The average molecular weight is 286 g/mol. The Hall–Kier alpha value is -0.540. The number of halogens is 1. The second-order valence-electron chi connectivity index (χ2n) is 5.88. The fraction of sp³-hybridized carbons (Fsp3) is 0.800. The number of rotatable bonds is 7. The van der Waals surface area contributed by atoms with Crippen LogP contribution < -0.4 is 5.32 Å². The molecule has 0 aromatic carbocycles. The summed E-state index contributed by atoms with van der Waals surface area (Å²) in [5.41, 5.74) is 2.13. The van der Waals surface area contributed by atoms with Crippen molar-refractivity contribution < 1.29 is 0 Å². The molecule has 0 saturated carbocycles. The van der Waals surface area contributed by atoms with Crippen molar-refractivity contribution in [1.82, 2.24) is 15.1 Å². The van der Waals surface area contributed by atoms with Crippen LogP contribution in [0, 0.1) is 18.8 Å². The molecule has 0 aliphatic heterocycles. The second kappa shape index (κ2) is 7.30. The van der Waals surface area contributed by atoms with Gasteiger partial charge in [0, 0.05) is 12.6 Å². The minimum absolute atomic E-state index is 0.543. The third-order valence-electron chi connectivity index (χ3n) is 3.79. The molecule has 1 N–H and O–H groups in total. The molecule has 2 atom stereocenters. The van der Waals surface area contributed by atoms with Crippen LogP contribution in [0.5, 0.6) is 0 Å². The zero-order chi connectivity index (χ0) is 14.6. The Morgan fingerprint density at radius 2 is 1.84 bits per heavy atom. The van der Waals surface area contributed by atoms with Gasteiger partial charge in [0.05, 0.1) is 16.4 Å². The van der Waals surface area contributed by atoms with Gasteiger partial charge in [0.1, 0.15) is 0 Å². The number of aryl methyl sites for hydroxylation is 2. The maximum atomic E-state index is 6.37. The van der Waals surface area contributed by atoms with Gasteiger partial charge in [-0.3, -0.25) is 4.68 Å². The molecule has 1 aromatic heterocycles. The number of hydrogen-bond donors (Lipinski definition) is 1. The minimum Gasteiger partial charge on any atom is -0.314 e. The summed E-state index contributed by atoms with van der Waals surface area (Å²) >= 11 is 6.37. The topological polar surface area (TPSA) is 29.9 Å². The first-order valence-electron chi connectivity index (χ1n) is 7.31. The van der Waals surface area contributed by atoms with Gasteiger partial charge in [0.2, 0.25) is 0 Å². The van der Waals surface area contributed by atoms with Crippen LogP contribution >= 0.6 is 11.6 Å². The van der Waals surface area contributed by atoms with Crippen molar-refractivity contribution in [3.05, 3.63) is 16.4 Å². The zero-order valence-electron chi connectivity index (χ0n) is 13.1. The second-order valence-corrected chi connectivity index (χ2v) is 6.26. The lowest BCUT2D eigenvalue weighted by atomic mass is 9.91. The molecule has 1 heterocycles. The fourth-order valence-electron chi connectivity index (χ4n) is 2.19. The number of nitrogens with zero attached hydrogens (tertiary/aromatic N) is 2. The molecule has 1 rings (SSSR count). The van der Waals surface area contributed by atoms with E-state index in [0.717, 1.165) is 30.2 Å². The van der Waals surface area contributed by atoms with Crippen molar-refractivity contribution in [1.29, 1.82) is 0 Å². The van der Waals surface area contributed by atoms with Gasteiger partial charge >= 0.3 is 0 Å². The van der Waals surface area contributed by atoms with E-state index >= 15 is 0 Å². The average Bonchev–Trinajstić information content (AvgIpc) is 2.63. The van der Waals surface area contributed by atoms with Gasteiger partial charge in [0.15, 0.2) is 0 Å². The smallest absolute Gasteiger partial charge is 0.0847 e.